The molecule has 2 amide bonds. The summed E-state index contributed by atoms with van der Waals surface area (Å²) in [6.07, 6.45) is -0.367. The lowest BCUT2D eigenvalue weighted by atomic mass is 10.0. The summed E-state index contributed by atoms with van der Waals surface area (Å²) in [6.45, 7) is 5.05. The zero-order valence-corrected chi connectivity index (χ0v) is 26.1. The lowest BCUT2D eigenvalue weighted by Gasteiger charge is -2.49. The Morgan fingerprint density at radius 3 is 2.64 bits per heavy atom. The molecule has 242 valence electrons. The highest BCUT2D eigenvalue weighted by Crippen LogP contribution is 2.40. The van der Waals surface area contributed by atoms with Gasteiger partial charge in [0.25, 0.3) is 4.84 Å². The Bertz CT molecular complexity index is 1570. The fourth-order valence-electron chi connectivity index (χ4n) is 5.14. The van der Waals surface area contributed by atoms with E-state index in [2.05, 4.69) is 15.7 Å². The molecule has 2 saturated heterocycles. The van der Waals surface area contributed by atoms with Crippen molar-refractivity contribution in [1.29, 1.82) is 0 Å². The molecule has 1 aromatic heterocycles. The highest BCUT2D eigenvalue weighted by molar-refractivity contribution is 8.00. The predicted molar refractivity (Wildman–Crippen MR) is 161 cm³/mol. The Morgan fingerprint density at radius 1 is 1.22 bits per heavy atom. The molecule has 0 aliphatic carbocycles. The molecule has 3 N–H and O–H groups in total. The summed E-state index contributed by atoms with van der Waals surface area (Å²) in [5.74, 6) is -2.15. The van der Waals surface area contributed by atoms with Crippen LogP contribution in [0.4, 0.5) is 20.6 Å². The van der Waals surface area contributed by atoms with E-state index in [0.717, 1.165) is 0 Å². The average molecular weight is 666 g/mol. The molecular formula is C27H32FN7O8S2. The third kappa shape index (κ3) is 7.07. The number of piperazine rings is 1. The van der Waals surface area contributed by atoms with Gasteiger partial charge in [0.15, 0.2) is 0 Å². The molecule has 0 saturated carbocycles. The summed E-state index contributed by atoms with van der Waals surface area (Å²) in [5.41, 5.74) is 1.12. The number of esters is 1. The molecule has 0 radical (unpaired) electrons. The van der Waals surface area contributed by atoms with Crippen LogP contribution in [0.2, 0.25) is 0 Å². The second-order valence-corrected chi connectivity index (χ2v) is 11.7. The van der Waals surface area contributed by atoms with E-state index in [0.29, 0.717) is 49.7 Å². The average Bonchev–Trinajstić information content (AvgIpc) is 3.37. The molecule has 0 bridgehead atoms. The number of rotatable bonds is 11. The zero-order valence-electron chi connectivity index (χ0n) is 24.5. The standard InChI is InChI=1S/C27H32FN7O8S2/c1-3-41-26(40)33-8-6-32(7-9-33)19-5-4-17(10-18(19)28)29-11-20-31-34(27(44)43-20)14-30-21-23(37)35-22(25(38)39)16(12-42-15(2)36)13-45-24(21)35/h4-5,10,21,24,29-30H,3,6-9,11-14H2,1-2H3,(H,38,39)/t21-,24-/m1/s1. The monoisotopic (exact) mass is 665 g/mol. The Hall–Kier alpha value is -4.16. The van der Waals surface area contributed by atoms with Crippen LogP contribution in [0, 0.1) is 10.7 Å². The third-order valence-electron chi connectivity index (χ3n) is 7.35. The van der Waals surface area contributed by atoms with E-state index < -0.39 is 35.1 Å². The molecule has 15 nitrogen and oxygen atoms in total. The molecule has 45 heavy (non-hydrogen) atoms. The van der Waals surface area contributed by atoms with E-state index in [9.17, 15) is 28.7 Å². The summed E-state index contributed by atoms with van der Waals surface area (Å²) < 4.78 is 31.9. The number of carboxylic acid groups (broad SMARTS) is 1. The minimum Gasteiger partial charge on any atom is -0.477 e. The first-order valence-electron chi connectivity index (χ1n) is 14.1. The maximum Gasteiger partial charge on any atom is 0.409 e. The van der Waals surface area contributed by atoms with Gasteiger partial charge in [-0.25, -0.2) is 18.7 Å². The minimum atomic E-state index is -1.27. The number of nitrogens with zero attached hydrogens (tertiary/aromatic N) is 5. The van der Waals surface area contributed by atoms with E-state index in [1.54, 1.807) is 24.0 Å². The molecular weight excluding hydrogens is 633 g/mol. The highest BCUT2D eigenvalue weighted by Gasteiger charge is 2.53. The van der Waals surface area contributed by atoms with Gasteiger partial charge in [0.05, 0.1) is 25.5 Å². The molecule has 0 spiro atoms. The second kappa shape index (κ2) is 13.9. The van der Waals surface area contributed by atoms with E-state index in [-0.39, 0.29) is 48.1 Å². The summed E-state index contributed by atoms with van der Waals surface area (Å²) >= 11 is 6.62. The molecule has 5 rings (SSSR count). The number of halogens is 1. The number of nitrogens with one attached hydrogen (secondary N) is 2. The summed E-state index contributed by atoms with van der Waals surface area (Å²) in [5, 5.41) is 19.7. The molecule has 3 aliphatic heterocycles. The number of hydrogen-bond acceptors (Lipinski definition) is 13. The number of hydrogen-bond donors (Lipinski definition) is 3. The molecule has 18 heteroatoms. The van der Waals surface area contributed by atoms with Crippen molar-refractivity contribution in [2.24, 2.45) is 0 Å². The number of aliphatic carboxylic acids is 1. The van der Waals surface area contributed by atoms with Crippen LogP contribution in [-0.2, 0) is 37.1 Å². The van der Waals surface area contributed by atoms with Crippen LogP contribution in [0.1, 0.15) is 19.7 Å². The van der Waals surface area contributed by atoms with Crippen molar-refractivity contribution < 1.29 is 42.6 Å². The van der Waals surface area contributed by atoms with Gasteiger partial charge >= 0.3 is 18.0 Å². The molecule has 2 fully saturated rings. The van der Waals surface area contributed by atoms with E-state index in [1.165, 1.54) is 34.3 Å². The van der Waals surface area contributed by atoms with Crippen molar-refractivity contribution >= 4 is 59.3 Å². The fourth-order valence-corrected chi connectivity index (χ4v) is 6.70. The number of anilines is 2. The maximum atomic E-state index is 15.0. The van der Waals surface area contributed by atoms with Crippen LogP contribution in [0.5, 0.6) is 0 Å². The molecule has 1 aromatic carbocycles. The van der Waals surface area contributed by atoms with Gasteiger partial charge in [-0.1, -0.05) is 0 Å². The van der Waals surface area contributed by atoms with Crippen molar-refractivity contribution in [2.75, 3.05) is 55.4 Å². The number of benzene rings is 1. The second-order valence-electron chi connectivity index (χ2n) is 10.2. The molecule has 2 atom stereocenters. The van der Waals surface area contributed by atoms with Gasteiger partial charge in [-0.3, -0.25) is 19.8 Å². The molecule has 3 aliphatic rings. The van der Waals surface area contributed by atoms with Gasteiger partial charge in [-0.15, -0.1) is 16.9 Å². The van der Waals surface area contributed by atoms with Gasteiger partial charge in [0.1, 0.15) is 29.5 Å². The fraction of sp³-hybridized carbons (Fsp3) is 0.481. The van der Waals surface area contributed by atoms with E-state index in [1.807, 2.05) is 4.90 Å². The lowest BCUT2D eigenvalue weighted by molar-refractivity contribution is -0.149. The summed E-state index contributed by atoms with van der Waals surface area (Å²) in [7, 11) is 0. The van der Waals surface area contributed by atoms with Crippen molar-refractivity contribution in [3.05, 3.63) is 46.0 Å². The Morgan fingerprint density at radius 2 is 1.98 bits per heavy atom. The van der Waals surface area contributed by atoms with Gasteiger partial charge in [-0.05, 0) is 37.3 Å². The molecule has 0 unspecified atom stereocenters. The van der Waals surface area contributed by atoms with E-state index in [4.69, 9.17) is 26.1 Å². The predicted octanol–water partition coefficient (Wildman–Crippen LogP) is 1.97. The third-order valence-corrected chi connectivity index (χ3v) is 8.98. The number of aromatic nitrogens is 2. The van der Waals surface area contributed by atoms with Crippen molar-refractivity contribution in [2.45, 2.75) is 38.5 Å². The molecule has 2 aromatic rings. The van der Waals surface area contributed by atoms with Crippen molar-refractivity contribution in [3.8, 4) is 0 Å². The topological polar surface area (TPSA) is 172 Å². The normalized spacial score (nSPS) is 19.6. The van der Waals surface area contributed by atoms with Crippen LogP contribution < -0.4 is 15.5 Å². The Balaban J connectivity index is 1.13. The smallest absolute Gasteiger partial charge is 0.409 e. The van der Waals surface area contributed by atoms with Gasteiger partial charge in [0, 0.05) is 50.1 Å². The van der Waals surface area contributed by atoms with Gasteiger partial charge in [0.2, 0.25) is 11.8 Å². The first-order chi connectivity index (χ1) is 21.6. The quantitative estimate of drug-likeness (QED) is 0.181. The summed E-state index contributed by atoms with van der Waals surface area (Å²) in [4.78, 5) is 52.6. The van der Waals surface area contributed by atoms with Crippen LogP contribution in [0.25, 0.3) is 0 Å². The summed E-state index contributed by atoms with van der Waals surface area (Å²) in [6, 6.07) is 4.08. The SMILES string of the molecule is CCOC(=O)N1CCN(c2ccc(NCc3nn(CN[C@@H]4C(=O)N5C(C(=O)O)=C(COC(C)=O)CS[C@H]45)c(=S)o3)cc2F)CC1. The van der Waals surface area contributed by atoms with Crippen LogP contribution in [-0.4, -0.2) is 105 Å². The number of carbonyl (C=O) groups is 4. The lowest BCUT2D eigenvalue weighted by Crippen LogP contribution is -2.70. The zero-order chi connectivity index (χ0) is 32.2. The number of amides is 2. The van der Waals surface area contributed by atoms with E-state index >= 15 is 0 Å². The number of fused-ring (bicyclic) bond motifs is 1. The Labute approximate surface area is 266 Å². The highest BCUT2D eigenvalue weighted by atomic mass is 32.2. The molecule has 4 heterocycles. The maximum absolute atomic E-state index is 15.0. The number of ether oxygens (including phenoxy) is 2. The van der Waals surface area contributed by atoms with Crippen LogP contribution in [0.3, 0.4) is 0 Å². The van der Waals surface area contributed by atoms with Crippen molar-refractivity contribution in [1.82, 2.24) is 24.9 Å². The number of thioether (sulfide) groups is 1. The first kappa shape index (κ1) is 32.2. The van der Waals surface area contributed by atoms with Gasteiger partial charge in [-0.2, -0.15) is 0 Å². The van der Waals surface area contributed by atoms with Gasteiger partial charge < -0.3 is 34.1 Å². The largest absolute Gasteiger partial charge is 0.477 e. The minimum absolute atomic E-state index is 0.0306. The first-order valence-corrected chi connectivity index (χ1v) is 15.6. The number of carboxylic acids is 1. The number of β-lactam (4-membered cyclic amide) rings is 1. The Kier molecular flexibility index (Phi) is 9.93. The van der Waals surface area contributed by atoms with Crippen molar-refractivity contribution in [3.63, 3.8) is 0 Å². The number of carbonyl (C=O) groups excluding carboxylic acids is 3. The van der Waals surface area contributed by atoms with Crippen LogP contribution >= 0.6 is 24.0 Å². The van der Waals surface area contributed by atoms with Crippen LogP contribution in [0.15, 0.2) is 33.9 Å².